The van der Waals surface area contributed by atoms with Gasteiger partial charge in [0.25, 0.3) is 0 Å². The molecular formula is C25H33ClN4O3. The smallest absolute Gasteiger partial charge is 0.411 e. The fourth-order valence-corrected chi connectivity index (χ4v) is 5.18. The lowest BCUT2D eigenvalue weighted by Crippen LogP contribution is -2.35. The molecule has 5 rings (SSSR count). The Morgan fingerprint density at radius 1 is 1.03 bits per heavy atom. The number of hydrogen-bond acceptors (Lipinski definition) is 5. The van der Waals surface area contributed by atoms with Crippen molar-refractivity contribution in [2.45, 2.75) is 103 Å². The zero-order valence-corrected chi connectivity index (χ0v) is 20.5. The lowest BCUT2D eigenvalue weighted by Gasteiger charge is -2.34. The molecule has 2 saturated carbocycles. The Labute approximate surface area is 200 Å². The van der Waals surface area contributed by atoms with Crippen LogP contribution in [0.3, 0.4) is 0 Å². The molecule has 0 N–H and O–H groups in total. The number of carbonyl (C=O) groups is 1. The van der Waals surface area contributed by atoms with Gasteiger partial charge >= 0.3 is 6.09 Å². The van der Waals surface area contributed by atoms with Crippen molar-refractivity contribution < 1.29 is 14.3 Å². The minimum absolute atomic E-state index is 0.323. The number of rotatable bonds is 3. The van der Waals surface area contributed by atoms with Crippen LogP contribution in [0.1, 0.15) is 88.8 Å². The number of fused-ring (bicyclic) bond motifs is 3. The summed E-state index contributed by atoms with van der Waals surface area (Å²) in [5.41, 5.74) is 1.39. The number of nitrogens with zero attached hydrogens (tertiary/aromatic N) is 4. The molecule has 2 heterocycles. The van der Waals surface area contributed by atoms with Crippen molar-refractivity contribution in [2.24, 2.45) is 0 Å². The molecule has 1 amide bonds. The van der Waals surface area contributed by atoms with E-state index in [4.69, 9.17) is 21.1 Å². The van der Waals surface area contributed by atoms with Gasteiger partial charge in [0.1, 0.15) is 11.4 Å². The highest BCUT2D eigenvalue weighted by molar-refractivity contribution is 6.30. The maximum absolute atomic E-state index is 12.9. The van der Waals surface area contributed by atoms with Gasteiger partial charge in [-0.25, -0.2) is 4.79 Å². The molecule has 0 radical (unpaired) electrons. The number of aromatic nitrogens is 3. The van der Waals surface area contributed by atoms with E-state index in [2.05, 4.69) is 14.8 Å². The van der Waals surface area contributed by atoms with Gasteiger partial charge in [-0.3, -0.25) is 9.47 Å². The normalized spacial score (nSPS) is 23.3. The SMILES string of the molecule is CC(C)(C)OC(=O)N1Cc2cc(Cl)ccc2-n2c(nnc2C2CCC(OC3CCC3)CC2)C1. The molecule has 178 valence electrons. The van der Waals surface area contributed by atoms with Crippen LogP contribution >= 0.6 is 11.6 Å². The third-order valence-corrected chi connectivity index (χ3v) is 7.09. The zero-order valence-electron chi connectivity index (χ0n) is 19.7. The molecule has 2 fully saturated rings. The average Bonchev–Trinajstić information content (AvgIpc) is 3.05. The minimum Gasteiger partial charge on any atom is -0.444 e. The van der Waals surface area contributed by atoms with E-state index in [-0.39, 0.29) is 6.09 Å². The Morgan fingerprint density at radius 2 is 1.76 bits per heavy atom. The molecule has 1 aliphatic heterocycles. The van der Waals surface area contributed by atoms with Gasteiger partial charge in [0.05, 0.1) is 31.0 Å². The summed E-state index contributed by atoms with van der Waals surface area (Å²) in [6.07, 6.45) is 8.40. The Kier molecular flexibility index (Phi) is 6.12. The van der Waals surface area contributed by atoms with E-state index in [1.165, 1.54) is 19.3 Å². The van der Waals surface area contributed by atoms with Crippen LogP contribution in [0.4, 0.5) is 4.79 Å². The Bertz CT molecular complexity index is 1020. The lowest BCUT2D eigenvalue weighted by molar-refractivity contribution is -0.0666. The maximum atomic E-state index is 12.9. The average molecular weight is 473 g/mol. The molecule has 2 aromatic rings. The lowest BCUT2D eigenvalue weighted by atomic mass is 9.86. The fraction of sp³-hybridized carbons (Fsp3) is 0.640. The molecule has 0 saturated heterocycles. The molecule has 0 spiro atoms. The molecule has 2 aliphatic carbocycles. The summed E-state index contributed by atoms with van der Waals surface area (Å²) in [4.78, 5) is 14.6. The number of hydrogen-bond donors (Lipinski definition) is 0. The summed E-state index contributed by atoms with van der Waals surface area (Å²) in [5.74, 6) is 2.05. The molecule has 1 aromatic carbocycles. The van der Waals surface area contributed by atoms with Gasteiger partial charge in [0.2, 0.25) is 0 Å². The second kappa shape index (κ2) is 8.91. The van der Waals surface area contributed by atoms with E-state index >= 15 is 0 Å². The molecule has 0 atom stereocenters. The van der Waals surface area contributed by atoms with E-state index in [9.17, 15) is 4.79 Å². The van der Waals surface area contributed by atoms with Crippen LogP contribution in [0.2, 0.25) is 5.02 Å². The van der Waals surface area contributed by atoms with Crippen molar-refractivity contribution in [1.82, 2.24) is 19.7 Å². The van der Waals surface area contributed by atoms with Crippen molar-refractivity contribution in [2.75, 3.05) is 0 Å². The van der Waals surface area contributed by atoms with Crippen LogP contribution in [-0.4, -0.2) is 43.6 Å². The zero-order chi connectivity index (χ0) is 23.2. The first kappa shape index (κ1) is 22.7. The van der Waals surface area contributed by atoms with Gasteiger partial charge < -0.3 is 9.47 Å². The summed E-state index contributed by atoms with van der Waals surface area (Å²) < 4.78 is 14.1. The number of carbonyl (C=O) groups excluding carboxylic acids is 1. The largest absolute Gasteiger partial charge is 0.444 e. The van der Waals surface area contributed by atoms with Gasteiger partial charge in [-0.15, -0.1) is 10.2 Å². The Morgan fingerprint density at radius 3 is 2.42 bits per heavy atom. The number of halogens is 1. The van der Waals surface area contributed by atoms with Gasteiger partial charge in [0, 0.05) is 10.9 Å². The van der Waals surface area contributed by atoms with Gasteiger partial charge in [-0.05, 0) is 89.5 Å². The first-order valence-electron chi connectivity index (χ1n) is 12.1. The maximum Gasteiger partial charge on any atom is 0.411 e. The highest BCUT2D eigenvalue weighted by atomic mass is 35.5. The highest BCUT2D eigenvalue weighted by Crippen LogP contribution is 2.38. The molecule has 33 heavy (non-hydrogen) atoms. The predicted molar refractivity (Wildman–Crippen MR) is 126 cm³/mol. The van der Waals surface area contributed by atoms with E-state index < -0.39 is 5.60 Å². The Hall–Kier alpha value is -2.12. The second-order valence-electron chi connectivity index (χ2n) is 10.6. The quantitative estimate of drug-likeness (QED) is 0.567. The first-order valence-corrected chi connectivity index (χ1v) is 12.5. The van der Waals surface area contributed by atoms with E-state index in [1.54, 1.807) is 4.90 Å². The molecule has 1 aromatic heterocycles. The first-order chi connectivity index (χ1) is 15.8. The molecule has 3 aliphatic rings. The number of benzene rings is 1. The van der Waals surface area contributed by atoms with Crippen LogP contribution in [-0.2, 0) is 22.6 Å². The molecule has 8 heteroatoms. The monoisotopic (exact) mass is 472 g/mol. The highest BCUT2D eigenvalue weighted by Gasteiger charge is 2.34. The van der Waals surface area contributed by atoms with E-state index in [0.29, 0.717) is 36.2 Å². The summed E-state index contributed by atoms with van der Waals surface area (Å²) in [5, 5.41) is 9.80. The summed E-state index contributed by atoms with van der Waals surface area (Å²) in [6, 6.07) is 5.83. The van der Waals surface area contributed by atoms with Crippen molar-refractivity contribution in [3.63, 3.8) is 0 Å². The topological polar surface area (TPSA) is 69.5 Å². The van der Waals surface area contributed by atoms with Crippen LogP contribution in [0.25, 0.3) is 5.69 Å². The standard InChI is InChI=1S/C25H33ClN4O3/c1-25(2,3)33-24(31)29-14-17-13-18(26)9-12-21(17)30-22(15-29)27-28-23(30)16-7-10-20(11-8-16)32-19-5-4-6-19/h9,12-13,16,19-20H,4-8,10-11,14-15H2,1-3H3. The van der Waals surface area contributed by atoms with Crippen molar-refractivity contribution in [1.29, 1.82) is 0 Å². The van der Waals surface area contributed by atoms with Crippen molar-refractivity contribution >= 4 is 17.7 Å². The summed E-state index contributed by atoms with van der Waals surface area (Å²) >= 11 is 6.34. The minimum atomic E-state index is -0.570. The van der Waals surface area contributed by atoms with Crippen LogP contribution in [0.5, 0.6) is 0 Å². The van der Waals surface area contributed by atoms with Crippen LogP contribution < -0.4 is 0 Å². The second-order valence-corrected chi connectivity index (χ2v) is 11.0. The third kappa shape index (κ3) is 4.90. The summed E-state index contributed by atoms with van der Waals surface area (Å²) in [6.45, 7) is 6.38. The van der Waals surface area contributed by atoms with Crippen LogP contribution in [0.15, 0.2) is 18.2 Å². The third-order valence-electron chi connectivity index (χ3n) is 6.86. The van der Waals surface area contributed by atoms with Gasteiger partial charge in [-0.2, -0.15) is 0 Å². The molecule has 7 nitrogen and oxygen atoms in total. The Balaban J connectivity index is 1.41. The van der Waals surface area contributed by atoms with Crippen molar-refractivity contribution in [3.8, 4) is 5.69 Å². The number of amides is 1. The molecule has 0 bridgehead atoms. The van der Waals surface area contributed by atoms with Gasteiger partial charge in [0.15, 0.2) is 5.82 Å². The van der Waals surface area contributed by atoms with Crippen molar-refractivity contribution in [3.05, 3.63) is 40.4 Å². The number of ether oxygens (including phenoxy) is 2. The van der Waals surface area contributed by atoms with E-state index in [1.807, 2.05) is 39.0 Å². The van der Waals surface area contributed by atoms with Crippen LogP contribution in [0, 0.1) is 0 Å². The predicted octanol–water partition coefficient (Wildman–Crippen LogP) is 5.77. The molecule has 0 unspecified atom stereocenters. The fourth-order valence-electron chi connectivity index (χ4n) is 4.98. The van der Waals surface area contributed by atoms with E-state index in [0.717, 1.165) is 48.6 Å². The van der Waals surface area contributed by atoms with Gasteiger partial charge in [-0.1, -0.05) is 11.6 Å². The summed E-state index contributed by atoms with van der Waals surface area (Å²) in [7, 11) is 0. The molecular weight excluding hydrogens is 440 g/mol.